The Morgan fingerprint density at radius 1 is 1.04 bits per heavy atom. The second-order valence-corrected chi connectivity index (χ2v) is 6.67. The number of terminal acetylenes is 1. The number of hydrogen-bond acceptors (Lipinski definition) is 5. The second-order valence-electron chi connectivity index (χ2n) is 6.67. The Morgan fingerprint density at radius 2 is 1.84 bits per heavy atom. The Morgan fingerprint density at radius 3 is 2.60 bits per heavy atom. The first kappa shape index (κ1) is 16.0. The summed E-state index contributed by atoms with van der Waals surface area (Å²) in [5.74, 6) is 4.71. The van der Waals surface area contributed by atoms with Gasteiger partial charge >= 0.3 is 0 Å². The molecule has 1 saturated heterocycles. The summed E-state index contributed by atoms with van der Waals surface area (Å²) in [5, 5.41) is 0. The predicted octanol–water partition coefficient (Wildman–Crippen LogP) is 2.17. The van der Waals surface area contributed by atoms with Crippen LogP contribution in [0.5, 0.6) is 0 Å². The molecule has 0 unspecified atom stereocenters. The van der Waals surface area contributed by atoms with Crippen molar-refractivity contribution in [2.24, 2.45) is 0 Å². The van der Waals surface area contributed by atoms with Crippen LogP contribution in [0.3, 0.4) is 0 Å². The third-order valence-electron chi connectivity index (χ3n) is 5.09. The summed E-state index contributed by atoms with van der Waals surface area (Å²) in [6.07, 6.45) is 13.2. The summed E-state index contributed by atoms with van der Waals surface area (Å²) in [4.78, 5) is 18.8. The highest BCUT2D eigenvalue weighted by Crippen LogP contribution is 2.31. The Labute approximate surface area is 149 Å². The van der Waals surface area contributed by atoms with Crippen LogP contribution in [0.4, 0.5) is 5.82 Å². The molecule has 0 N–H and O–H groups in total. The molecule has 5 heteroatoms. The SMILES string of the molecule is C#CCCN1CCN(c2nc(-c3ccncc3)nc3c2CCC3)CC1. The fourth-order valence-corrected chi connectivity index (χ4v) is 3.71. The number of nitrogens with zero attached hydrogens (tertiary/aromatic N) is 5. The lowest BCUT2D eigenvalue weighted by atomic mass is 10.1. The van der Waals surface area contributed by atoms with Crippen molar-refractivity contribution in [3.63, 3.8) is 0 Å². The van der Waals surface area contributed by atoms with Gasteiger partial charge < -0.3 is 4.90 Å². The maximum atomic E-state index is 5.39. The lowest BCUT2D eigenvalue weighted by Gasteiger charge is -2.36. The van der Waals surface area contributed by atoms with Gasteiger partial charge in [0.25, 0.3) is 0 Å². The van der Waals surface area contributed by atoms with Gasteiger partial charge in [-0.05, 0) is 31.4 Å². The highest BCUT2D eigenvalue weighted by atomic mass is 15.3. The van der Waals surface area contributed by atoms with Crippen LogP contribution in [0.2, 0.25) is 0 Å². The van der Waals surface area contributed by atoms with Crippen molar-refractivity contribution in [3.8, 4) is 23.7 Å². The summed E-state index contributed by atoms with van der Waals surface area (Å²) in [6, 6.07) is 3.97. The van der Waals surface area contributed by atoms with Crippen LogP contribution in [0.25, 0.3) is 11.4 Å². The maximum Gasteiger partial charge on any atom is 0.161 e. The number of fused-ring (bicyclic) bond motifs is 1. The first-order chi connectivity index (χ1) is 12.3. The first-order valence-corrected chi connectivity index (χ1v) is 9.06. The van der Waals surface area contributed by atoms with Crippen molar-refractivity contribution in [2.75, 3.05) is 37.6 Å². The minimum Gasteiger partial charge on any atom is -0.354 e. The molecule has 25 heavy (non-hydrogen) atoms. The van der Waals surface area contributed by atoms with E-state index in [0.29, 0.717) is 0 Å². The van der Waals surface area contributed by atoms with Gasteiger partial charge in [-0.25, -0.2) is 9.97 Å². The molecule has 1 aliphatic carbocycles. The Kier molecular flexibility index (Phi) is 4.62. The van der Waals surface area contributed by atoms with Crippen molar-refractivity contribution in [3.05, 3.63) is 35.8 Å². The smallest absolute Gasteiger partial charge is 0.161 e. The molecular weight excluding hydrogens is 310 g/mol. The third-order valence-corrected chi connectivity index (χ3v) is 5.09. The van der Waals surface area contributed by atoms with Crippen LogP contribution in [0.1, 0.15) is 24.1 Å². The van der Waals surface area contributed by atoms with Crippen molar-refractivity contribution in [1.29, 1.82) is 0 Å². The number of aromatic nitrogens is 3. The van der Waals surface area contributed by atoms with Crippen molar-refractivity contribution >= 4 is 5.82 Å². The molecular formula is C20H23N5. The molecule has 0 atom stereocenters. The largest absolute Gasteiger partial charge is 0.354 e. The highest BCUT2D eigenvalue weighted by Gasteiger charge is 2.25. The fourth-order valence-electron chi connectivity index (χ4n) is 3.71. The molecule has 0 radical (unpaired) electrons. The lowest BCUT2D eigenvalue weighted by Crippen LogP contribution is -2.47. The average molecular weight is 333 g/mol. The summed E-state index contributed by atoms with van der Waals surface area (Å²) in [6.45, 7) is 5.10. The molecule has 2 aromatic rings. The molecule has 0 bridgehead atoms. The van der Waals surface area contributed by atoms with Crippen molar-refractivity contribution < 1.29 is 0 Å². The maximum absolute atomic E-state index is 5.39. The zero-order valence-electron chi connectivity index (χ0n) is 14.5. The molecule has 2 aromatic heterocycles. The molecule has 0 aromatic carbocycles. The summed E-state index contributed by atoms with van der Waals surface area (Å²) < 4.78 is 0. The van der Waals surface area contributed by atoms with Crippen LogP contribution in [0, 0.1) is 12.3 Å². The molecule has 4 rings (SSSR count). The van der Waals surface area contributed by atoms with Gasteiger partial charge in [0.15, 0.2) is 5.82 Å². The van der Waals surface area contributed by atoms with Gasteiger partial charge in [0.1, 0.15) is 5.82 Å². The van der Waals surface area contributed by atoms with E-state index in [4.69, 9.17) is 16.4 Å². The normalized spacial score (nSPS) is 17.3. The van der Waals surface area contributed by atoms with Crippen molar-refractivity contribution in [1.82, 2.24) is 19.9 Å². The van der Waals surface area contributed by atoms with Gasteiger partial charge in [0.05, 0.1) is 0 Å². The van der Waals surface area contributed by atoms with E-state index in [-0.39, 0.29) is 0 Å². The van der Waals surface area contributed by atoms with Crippen LogP contribution < -0.4 is 4.90 Å². The molecule has 3 heterocycles. The molecule has 2 aliphatic rings. The lowest BCUT2D eigenvalue weighted by molar-refractivity contribution is 0.263. The molecule has 1 aliphatic heterocycles. The van der Waals surface area contributed by atoms with E-state index in [0.717, 1.165) is 69.2 Å². The minimum absolute atomic E-state index is 0.827. The van der Waals surface area contributed by atoms with Crippen LogP contribution >= 0.6 is 0 Å². The molecule has 0 saturated carbocycles. The topological polar surface area (TPSA) is 45.2 Å². The first-order valence-electron chi connectivity index (χ1n) is 9.06. The minimum atomic E-state index is 0.827. The van der Waals surface area contributed by atoms with Gasteiger partial charge in [-0.2, -0.15) is 0 Å². The predicted molar refractivity (Wildman–Crippen MR) is 99.4 cm³/mol. The van der Waals surface area contributed by atoms with Gasteiger partial charge in [-0.1, -0.05) is 0 Å². The van der Waals surface area contributed by atoms with Crippen LogP contribution in [-0.2, 0) is 12.8 Å². The fraction of sp³-hybridized carbons (Fsp3) is 0.450. The number of aryl methyl sites for hydroxylation is 1. The molecule has 128 valence electrons. The van der Waals surface area contributed by atoms with Gasteiger partial charge in [0, 0.05) is 68.4 Å². The Bertz CT molecular complexity index is 773. The summed E-state index contributed by atoms with van der Waals surface area (Å²) >= 11 is 0. The summed E-state index contributed by atoms with van der Waals surface area (Å²) in [7, 11) is 0. The number of anilines is 1. The van der Waals surface area contributed by atoms with E-state index in [2.05, 4.69) is 20.7 Å². The van der Waals surface area contributed by atoms with E-state index in [1.807, 2.05) is 12.1 Å². The van der Waals surface area contributed by atoms with Crippen LogP contribution in [0.15, 0.2) is 24.5 Å². The molecule has 1 fully saturated rings. The average Bonchev–Trinajstić information content (AvgIpc) is 3.15. The van der Waals surface area contributed by atoms with Gasteiger partial charge in [-0.15, -0.1) is 12.3 Å². The van der Waals surface area contributed by atoms with E-state index in [1.165, 1.54) is 17.7 Å². The van der Waals surface area contributed by atoms with E-state index >= 15 is 0 Å². The van der Waals surface area contributed by atoms with Crippen molar-refractivity contribution in [2.45, 2.75) is 25.7 Å². The number of hydrogen-bond donors (Lipinski definition) is 0. The zero-order chi connectivity index (χ0) is 17.1. The molecule has 0 spiro atoms. The number of rotatable bonds is 4. The zero-order valence-corrected chi connectivity index (χ0v) is 14.5. The third kappa shape index (κ3) is 3.35. The van der Waals surface area contributed by atoms with E-state index in [9.17, 15) is 0 Å². The molecule has 5 nitrogen and oxygen atoms in total. The van der Waals surface area contributed by atoms with Gasteiger partial charge in [-0.3, -0.25) is 9.88 Å². The monoisotopic (exact) mass is 333 g/mol. The second kappa shape index (κ2) is 7.20. The number of pyridine rings is 1. The highest BCUT2D eigenvalue weighted by molar-refractivity contribution is 5.61. The van der Waals surface area contributed by atoms with E-state index in [1.54, 1.807) is 12.4 Å². The molecule has 0 amide bonds. The number of piperazine rings is 1. The van der Waals surface area contributed by atoms with Gasteiger partial charge in [0.2, 0.25) is 0 Å². The summed E-state index contributed by atoms with van der Waals surface area (Å²) in [5.41, 5.74) is 3.63. The Hall–Kier alpha value is -2.45. The standard InChI is InChI=1S/C20H23N5/c1-2-3-11-24-12-14-25(15-13-24)20-17-5-4-6-18(17)22-19(23-20)16-7-9-21-10-8-16/h1,7-10H,3-6,11-15H2. The quantitative estimate of drug-likeness (QED) is 0.803. The van der Waals surface area contributed by atoms with E-state index < -0.39 is 0 Å². The Balaban J connectivity index is 1.60. The van der Waals surface area contributed by atoms with Crippen LogP contribution in [-0.4, -0.2) is 52.6 Å².